The van der Waals surface area contributed by atoms with Gasteiger partial charge in [-0.25, -0.2) is 0 Å². The average molecular weight is 280 g/mol. The first-order chi connectivity index (χ1) is 8.89. The van der Waals surface area contributed by atoms with Crippen molar-refractivity contribution in [2.24, 2.45) is 0 Å². The van der Waals surface area contributed by atoms with Crippen LogP contribution in [0.3, 0.4) is 0 Å². The molecule has 3 heteroatoms. The molecular weight excluding hydrogens is 252 g/mol. The fraction of sp³-hybridized carbons (Fsp3) is 0.588. The van der Waals surface area contributed by atoms with Gasteiger partial charge >= 0.3 is 5.97 Å². The molecule has 1 rings (SSSR count). The molecule has 0 fully saturated rings. The fourth-order valence-corrected chi connectivity index (χ4v) is 1.60. The number of rotatable bonds is 1. The van der Waals surface area contributed by atoms with E-state index in [2.05, 4.69) is 47.6 Å². The van der Waals surface area contributed by atoms with E-state index in [1.807, 2.05) is 6.07 Å². The van der Waals surface area contributed by atoms with Gasteiger partial charge in [-0.15, -0.1) is 0 Å². The highest BCUT2D eigenvalue weighted by Gasteiger charge is 2.21. The molecule has 0 radical (unpaired) electrons. The van der Waals surface area contributed by atoms with Crippen LogP contribution in [-0.2, 0) is 15.6 Å². The summed E-state index contributed by atoms with van der Waals surface area (Å²) < 4.78 is 0. The lowest BCUT2D eigenvalue weighted by molar-refractivity contribution is -0.136. The molecule has 0 aromatic heterocycles. The highest BCUT2D eigenvalue weighted by atomic mass is 16.4. The van der Waals surface area contributed by atoms with Crippen molar-refractivity contribution in [1.82, 2.24) is 0 Å². The molecule has 0 aliphatic carbocycles. The Hall–Kier alpha value is -1.51. The zero-order valence-electron chi connectivity index (χ0n) is 13.7. The molecule has 0 atom stereocenters. The largest absolute Gasteiger partial charge is 0.508 e. The predicted molar refractivity (Wildman–Crippen MR) is 83.4 cm³/mol. The van der Waals surface area contributed by atoms with E-state index in [9.17, 15) is 9.90 Å². The third-order valence-corrected chi connectivity index (χ3v) is 2.97. The number of phenols is 1. The Bertz CT molecular complexity index is 448. The SMILES string of the molecule is CC(C)(C)c1ccc(O)c(C(C)(C)C)c1.CCC(=O)O. The van der Waals surface area contributed by atoms with E-state index in [1.54, 1.807) is 13.0 Å². The van der Waals surface area contributed by atoms with Gasteiger partial charge in [-0.3, -0.25) is 4.79 Å². The molecular formula is C17H28O3. The van der Waals surface area contributed by atoms with Crippen LogP contribution in [-0.4, -0.2) is 16.2 Å². The van der Waals surface area contributed by atoms with Crippen molar-refractivity contribution in [2.45, 2.75) is 65.7 Å². The summed E-state index contributed by atoms with van der Waals surface area (Å²) in [6.07, 6.45) is 0.222. The van der Waals surface area contributed by atoms with E-state index in [0.29, 0.717) is 5.75 Å². The van der Waals surface area contributed by atoms with Gasteiger partial charge in [0, 0.05) is 6.42 Å². The Morgan fingerprint density at radius 3 is 1.80 bits per heavy atom. The first-order valence-electron chi connectivity index (χ1n) is 6.95. The molecule has 0 aliphatic heterocycles. The molecule has 0 amide bonds. The molecule has 1 aromatic rings. The van der Waals surface area contributed by atoms with Gasteiger partial charge in [-0.2, -0.15) is 0 Å². The van der Waals surface area contributed by atoms with Crippen LogP contribution in [0.2, 0.25) is 0 Å². The number of hydrogen-bond donors (Lipinski definition) is 2. The van der Waals surface area contributed by atoms with E-state index < -0.39 is 5.97 Å². The van der Waals surface area contributed by atoms with Gasteiger partial charge in [0.05, 0.1) is 0 Å². The number of carboxylic acid groups (broad SMARTS) is 1. The number of hydrogen-bond acceptors (Lipinski definition) is 2. The Labute approximate surface area is 122 Å². The third kappa shape index (κ3) is 6.09. The van der Waals surface area contributed by atoms with Gasteiger partial charge in [0.25, 0.3) is 0 Å². The van der Waals surface area contributed by atoms with Gasteiger partial charge in [0.1, 0.15) is 5.75 Å². The number of aromatic hydroxyl groups is 1. The Balaban J connectivity index is 0.000000621. The second-order valence-electron chi connectivity index (χ2n) is 6.98. The minimum absolute atomic E-state index is 0.00859. The summed E-state index contributed by atoms with van der Waals surface area (Å²) in [5.74, 6) is -0.347. The van der Waals surface area contributed by atoms with Gasteiger partial charge < -0.3 is 10.2 Å². The van der Waals surface area contributed by atoms with Crippen molar-refractivity contribution >= 4 is 5.97 Å². The maximum absolute atomic E-state index is 9.84. The molecule has 1 aromatic carbocycles. The quantitative estimate of drug-likeness (QED) is 0.798. The van der Waals surface area contributed by atoms with E-state index in [-0.39, 0.29) is 17.3 Å². The van der Waals surface area contributed by atoms with Crippen molar-refractivity contribution < 1.29 is 15.0 Å². The van der Waals surface area contributed by atoms with Crippen LogP contribution in [0.15, 0.2) is 18.2 Å². The topological polar surface area (TPSA) is 57.5 Å². The molecule has 2 N–H and O–H groups in total. The van der Waals surface area contributed by atoms with Crippen molar-refractivity contribution in [2.75, 3.05) is 0 Å². The lowest BCUT2D eigenvalue weighted by Crippen LogP contribution is -2.16. The van der Waals surface area contributed by atoms with Crippen molar-refractivity contribution in [3.8, 4) is 5.75 Å². The summed E-state index contributed by atoms with van der Waals surface area (Å²) in [5, 5.41) is 17.6. The van der Waals surface area contributed by atoms with Crippen LogP contribution < -0.4 is 0 Å². The first-order valence-corrected chi connectivity index (χ1v) is 6.95. The van der Waals surface area contributed by atoms with Gasteiger partial charge in [-0.1, -0.05) is 60.6 Å². The standard InChI is InChI=1S/C14H22O.C3H6O2/c1-13(2,3)10-7-8-12(15)11(9-10)14(4,5)6;1-2-3(4)5/h7-9,15H,1-6H3;2H2,1H3,(H,4,5). The number of phenolic OH excluding ortho intramolecular Hbond substituents is 1. The number of benzene rings is 1. The maximum Gasteiger partial charge on any atom is 0.303 e. The summed E-state index contributed by atoms with van der Waals surface area (Å²) in [7, 11) is 0. The summed E-state index contributed by atoms with van der Waals surface area (Å²) in [5.41, 5.74) is 2.42. The van der Waals surface area contributed by atoms with E-state index in [4.69, 9.17) is 5.11 Å². The van der Waals surface area contributed by atoms with E-state index in [1.165, 1.54) is 5.56 Å². The Kier molecular flexibility index (Phi) is 6.27. The van der Waals surface area contributed by atoms with Crippen molar-refractivity contribution in [3.05, 3.63) is 29.3 Å². The third-order valence-electron chi connectivity index (χ3n) is 2.97. The lowest BCUT2D eigenvalue weighted by atomic mass is 9.80. The van der Waals surface area contributed by atoms with Crippen LogP contribution in [0.4, 0.5) is 0 Å². The summed E-state index contributed by atoms with van der Waals surface area (Å²) in [4.78, 5) is 9.37. The van der Waals surface area contributed by atoms with Crippen LogP contribution in [0.5, 0.6) is 5.75 Å². The zero-order valence-corrected chi connectivity index (χ0v) is 13.7. The molecule has 0 aliphatic rings. The van der Waals surface area contributed by atoms with Crippen LogP contribution in [0.25, 0.3) is 0 Å². The van der Waals surface area contributed by atoms with E-state index >= 15 is 0 Å². The molecule has 0 bridgehead atoms. The van der Waals surface area contributed by atoms with Gasteiger partial charge in [0.2, 0.25) is 0 Å². The van der Waals surface area contributed by atoms with Crippen molar-refractivity contribution in [3.63, 3.8) is 0 Å². The normalized spacial score (nSPS) is 11.6. The Morgan fingerprint density at radius 1 is 1.05 bits per heavy atom. The summed E-state index contributed by atoms with van der Waals surface area (Å²) >= 11 is 0. The molecule has 0 spiro atoms. The minimum Gasteiger partial charge on any atom is -0.508 e. The molecule has 0 saturated carbocycles. The molecule has 114 valence electrons. The van der Waals surface area contributed by atoms with Crippen LogP contribution in [0.1, 0.15) is 66.0 Å². The minimum atomic E-state index is -0.745. The van der Waals surface area contributed by atoms with Gasteiger partial charge in [0.15, 0.2) is 0 Å². The van der Waals surface area contributed by atoms with Crippen molar-refractivity contribution in [1.29, 1.82) is 0 Å². The fourth-order valence-electron chi connectivity index (χ4n) is 1.60. The summed E-state index contributed by atoms with van der Waals surface area (Å²) in [6, 6.07) is 5.93. The zero-order chi connectivity index (χ0) is 16.1. The molecule has 0 unspecified atom stereocenters. The van der Waals surface area contributed by atoms with Crippen LogP contribution >= 0.6 is 0 Å². The second-order valence-corrected chi connectivity index (χ2v) is 6.98. The maximum atomic E-state index is 9.84. The van der Waals surface area contributed by atoms with Gasteiger partial charge in [-0.05, 0) is 28.0 Å². The predicted octanol–water partition coefficient (Wildman–Crippen LogP) is 4.47. The monoisotopic (exact) mass is 280 g/mol. The second kappa shape index (κ2) is 6.78. The lowest BCUT2D eigenvalue weighted by Gasteiger charge is -2.25. The molecule has 3 nitrogen and oxygen atoms in total. The smallest absolute Gasteiger partial charge is 0.303 e. The molecule has 0 saturated heterocycles. The highest BCUT2D eigenvalue weighted by molar-refractivity contribution is 5.66. The van der Waals surface area contributed by atoms with Crippen LogP contribution in [0, 0.1) is 0 Å². The summed E-state index contributed by atoms with van der Waals surface area (Å²) in [6.45, 7) is 14.5. The molecule has 20 heavy (non-hydrogen) atoms. The number of aliphatic carboxylic acids is 1. The number of carboxylic acids is 1. The Morgan fingerprint density at radius 2 is 1.50 bits per heavy atom. The average Bonchev–Trinajstić information content (AvgIpc) is 2.27. The highest BCUT2D eigenvalue weighted by Crippen LogP contribution is 2.34. The first kappa shape index (κ1) is 18.5. The number of carbonyl (C=O) groups is 1. The van der Waals surface area contributed by atoms with E-state index in [0.717, 1.165) is 5.56 Å². The molecule has 0 heterocycles.